The van der Waals surface area contributed by atoms with Crippen LogP contribution in [0.15, 0.2) is 36.4 Å². The first kappa shape index (κ1) is 19.7. The number of ether oxygens (including phenoxy) is 1. The van der Waals surface area contributed by atoms with Crippen LogP contribution in [0.4, 0.5) is 16.0 Å². The summed E-state index contributed by atoms with van der Waals surface area (Å²) in [5.41, 5.74) is 7.12. The molecule has 0 aliphatic rings. The number of H-pyrrole nitrogens is 1. The molecule has 0 aliphatic carbocycles. The van der Waals surface area contributed by atoms with Gasteiger partial charge in [0.1, 0.15) is 17.4 Å². The maximum atomic E-state index is 14.3. The highest BCUT2D eigenvalue weighted by atomic mass is 35.5. The Morgan fingerprint density at radius 1 is 1.20 bits per heavy atom. The number of aromatic amines is 1. The molecule has 8 nitrogen and oxygen atoms in total. The van der Waals surface area contributed by atoms with Crippen LogP contribution in [0.25, 0.3) is 11.0 Å². The molecule has 0 spiro atoms. The van der Waals surface area contributed by atoms with Crippen LogP contribution in [0, 0.1) is 17.1 Å². The van der Waals surface area contributed by atoms with Crippen molar-refractivity contribution in [3.8, 4) is 17.7 Å². The van der Waals surface area contributed by atoms with Gasteiger partial charge in [0.2, 0.25) is 0 Å². The molecule has 150 valence electrons. The summed E-state index contributed by atoms with van der Waals surface area (Å²) in [6.07, 6.45) is 0. The normalized spacial score (nSPS) is 10.7. The Morgan fingerprint density at radius 2 is 2.03 bits per heavy atom. The van der Waals surface area contributed by atoms with Gasteiger partial charge in [-0.3, -0.25) is 5.10 Å². The molecule has 4 rings (SSSR count). The standard InChI is InChI=1S/C19H12Cl2FN7O/c20-10-3-9(7-23)4-11(5-10)30-19-14(22)6-13(21)18(27-19)25-8-15-12-1-2-16(24)26-17(12)29-28-15/h1-6H,8H2,(H,25,27)(H3,24,26,28,29). The molecule has 0 fully saturated rings. The van der Waals surface area contributed by atoms with Gasteiger partial charge in [0.05, 0.1) is 28.9 Å². The molecule has 3 heterocycles. The Bertz CT molecular complexity index is 1300. The van der Waals surface area contributed by atoms with Crippen LogP contribution in [0.2, 0.25) is 10.0 Å². The maximum absolute atomic E-state index is 14.3. The van der Waals surface area contributed by atoms with Crippen molar-refractivity contribution >= 4 is 45.9 Å². The molecule has 0 radical (unpaired) electrons. The third-order valence-electron chi connectivity index (χ3n) is 4.06. The summed E-state index contributed by atoms with van der Waals surface area (Å²) in [7, 11) is 0. The van der Waals surface area contributed by atoms with Crippen molar-refractivity contribution < 1.29 is 9.13 Å². The fraction of sp³-hybridized carbons (Fsp3) is 0.0526. The fourth-order valence-corrected chi connectivity index (χ4v) is 3.15. The molecule has 11 heteroatoms. The van der Waals surface area contributed by atoms with E-state index in [-0.39, 0.29) is 39.6 Å². The van der Waals surface area contributed by atoms with Crippen LogP contribution < -0.4 is 15.8 Å². The van der Waals surface area contributed by atoms with E-state index in [1.54, 1.807) is 12.1 Å². The molecule has 1 aromatic carbocycles. The predicted octanol–water partition coefficient (Wildman–Crippen LogP) is 4.66. The summed E-state index contributed by atoms with van der Waals surface area (Å²) in [5.74, 6) is -0.365. The second kappa shape index (κ2) is 8.02. The number of nitriles is 1. The van der Waals surface area contributed by atoms with E-state index in [0.29, 0.717) is 17.2 Å². The molecule has 0 aliphatic heterocycles. The van der Waals surface area contributed by atoms with E-state index in [9.17, 15) is 4.39 Å². The van der Waals surface area contributed by atoms with Gasteiger partial charge in [-0.2, -0.15) is 15.3 Å². The molecule has 0 saturated heterocycles. The Hall–Kier alpha value is -3.61. The van der Waals surface area contributed by atoms with E-state index in [0.717, 1.165) is 11.5 Å². The van der Waals surface area contributed by atoms with E-state index in [1.807, 2.05) is 6.07 Å². The van der Waals surface area contributed by atoms with Gasteiger partial charge in [0.15, 0.2) is 11.5 Å². The number of benzene rings is 1. The summed E-state index contributed by atoms with van der Waals surface area (Å²) in [6.45, 7) is 0.235. The van der Waals surface area contributed by atoms with Gasteiger partial charge in [0, 0.05) is 16.5 Å². The lowest BCUT2D eigenvalue weighted by Gasteiger charge is -2.11. The number of hydrogen-bond acceptors (Lipinski definition) is 7. The maximum Gasteiger partial charge on any atom is 0.257 e. The van der Waals surface area contributed by atoms with Gasteiger partial charge >= 0.3 is 0 Å². The van der Waals surface area contributed by atoms with Crippen LogP contribution in [-0.4, -0.2) is 20.2 Å². The quantitative estimate of drug-likeness (QED) is 0.409. The zero-order valence-electron chi connectivity index (χ0n) is 15.1. The molecule has 0 atom stereocenters. The molecule has 0 bridgehead atoms. The lowest BCUT2D eigenvalue weighted by atomic mass is 10.2. The van der Waals surface area contributed by atoms with Crippen molar-refractivity contribution in [3.63, 3.8) is 0 Å². The molecule has 0 amide bonds. The Morgan fingerprint density at radius 3 is 2.83 bits per heavy atom. The van der Waals surface area contributed by atoms with Crippen molar-refractivity contribution in [1.82, 2.24) is 20.2 Å². The van der Waals surface area contributed by atoms with E-state index in [4.69, 9.17) is 38.9 Å². The van der Waals surface area contributed by atoms with Crippen LogP contribution in [-0.2, 0) is 6.54 Å². The first-order valence-electron chi connectivity index (χ1n) is 8.51. The van der Waals surface area contributed by atoms with Gasteiger partial charge in [-0.1, -0.05) is 23.2 Å². The van der Waals surface area contributed by atoms with Crippen molar-refractivity contribution in [2.75, 3.05) is 11.1 Å². The topological polar surface area (TPSA) is 126 Å². The number of hydrogen-bond donors (Lipinski definition) is 3. The smallest absolute Gasteiger partial charge is 0.257 e. The van der Waals surface area contributed by atoms with Crippen molar-refractivity contribution in [2.24, 2.45) is 0 Å². The van der Waals surface area contributed by atoms with Crippen LogP contribution in [0.1, 0.15) is 11.3 Å². The van der Waals surface area contributed by atoms with Crippen molar-refractivity contribution in [3.05, 3.63) is 63.5 Å². The minimum atomic E-state index is -0.770. The number of fused-ring (bicyclic) bond motifs is 1. The average Bonchev–Trinajstić information content (AvgIpc) is 3.10. The van der Waals surface area contributed by atoms with E-state index in [2.05, 4.69) is 25.5 Å². The Balaban J connectivity index is 1.58. The molecule has 30 heavy (non-hydrogen) atoms. The molecule has 3 aromatic heterocycles. The first-order chi connectivity index (χ1) is 14.4. The van der Waals surface area contributed by atoms with Gasteiger partial charge in [0.25, 0.3) is 5.88 Å². The lowest BCUT2D eigenvalue weighted by molar-refractivity contribution is 0.423. The molecular weight excluding hydrogens is 432 g/mol. The van der Waals surface area contributed by atoms with Crippen LogP contribution >= 0.6 is 23.2 Å². The van der Waals surface area contributed by atoms with Gasteiger partial charge in [-0.05, 0) is 30.3 Å². The summed E-state index contributed by atoms with van der Waals surface area (Å²) in [5, 5.41) is 20.1. The molecule has 0 saturated carbocycles. The Labute approximate surface area is 179 Å². The summed E-state index contributed by atoms with van der Waals surface area (Å²) >= 11 is 12.1. The second-order valence-electron chi connectivity index (χ2n) is 6.15. The number of nitrogens with one attached hydrogen (secondary N) is 2. The monoisotopic (exact) mass is 443 g/mol. The summed E-state index contributed by atoms with van der Waals surface area (Å²) in [6, 6.07) is 10.8. The first-order valence-corrected chi connectivity index (χ1v) is 9.26. The molecular formula is C19H12Cl2FN7O. The molecule has 4 aromatic rings. The minimum Gasteiger partial charge on any atom is -0.436 e. The number of nitrogens with zero attached hydrogens (tertiary/aromatic N) is 4. The zero-order chi connectivity index (χ0) is 21.3. The highest BCUT2D eigenvalue weighted by molar-refractivity contribution is 6.33. The zero-order valence-corrected chi connectivity index (χ0v) is 16.6. The SMILES string of the molecule is N#Cc1cc(Cl)cc(Oc2nc(NCc3n[nH]c4nc(N)ccc34)c(Cl)cc2F)c1. The summed E-state index contributed by atoms with van der Waals surface area (Å²) < 4.78 is 19.8. The van der Waals surface area contributed by atoms with E-state index < -0.39 is 5.82 Å². The largest absolute Gasteiger partial charge is 0.436 e. The molecule has 4 N–H and O–H groups in total. The number of pyridine rings is 2. The van der Waals surface area contributed by atoms with E-state index >= 15 is 0 Å². The third-order valence-corrected chi connectivity index (χ3v) is 4.57. The van der Waals surface area contributed by atoms with Crippen molar-refractivity contribution in [1.29, 1.82) is 5.26 Å². The van der Waals surface area contributed by atoms with Crippen molar-refractivity contribution in [2.45, 2.75) is 6.54 Å². The highest BCUT2D eigenvalue weighted by Crippen LogP contribution is 2.31. The third kappa shape index (κ3) is 4.05. The van der Waals surface area contributed by atoms with Crippen LogP contribution in [0.5, 0.6) is 11.6 Å². The van der Waals surface area contributed by atoms with Crippen LogP contribution in [0.3, 0.4) is 0 Å². The average molecular weight is 444 g/mol. The fourth-order valence-electron chi connectivity index (χ4n) is 2.72. The number of rotatable bonds is 5. The lowest BCUT2D eigenvalue weighted by Crippen LogP contribution is -2.05. The Kier molecular flexibility index (Phi) is 5.27. The van der Waals surface area contributed by atoms with Gasteiger partial charge in [-0.15, -0.1) is 0 Å². The van der Waals surface area contributed by atoms with E-state index in [1.165, 1.54) is 18.2 Å². The summed E-state index contributed by atoms with van der Waals surface area (Å²) in [4.78, 5) is 8.26. The highest BCUT2D eigenvalue weighted by Gasteiger charge is 2.15. The molecule has 0 unspecified atom stereocenters. The number of halogens is 3. The van der Waals surface area contributed by atoms with Gasteiger partial charge in [-0.25, -0.2) is 9.37 Å². The number of nitrogen functional groups attached to an aromatic ring is 1. The number of aromatic nitrogens is 4. The predicted molar refractivity (Wildman–Crippen MR) is 111 cm³/mol. The van der Waals surface area contributed by atoms with Gasteiger partial charge < -0.3 is 15.8 Å². The number of anilines is 2. The number of nitrogens with two attached hydrogens (primary N) is 1. The second-order valence-corrected chi connectivity index (χ2v) is 7.00. The minimum absolute atomic E-state index is 0.0610.